The largest absolute Gasteiger partial charge is 4.00 e. The van der Waals surface area contributed by atoms with Crippen molar-refractivity contribution in [2.75, 3.05) is 0 Å². The van der Waals surface area contributed by atoms with Crippen LogP contribution in [0.4, 0.5) is 0 Å². The molecule has 7 heavy (non-hydrogen) atoms. The summed E-state index contributed by atoms with van der Waals surface area (Å²) in [4.78, 5) is 25.6. The normalized spacial score (nSPS) is 8.43. The predicted molar refractivity (Wildman–Crippen MR) is 13.6 cm³/mol. The number of phosphoric acid groups is 1. The third kappa shape index (κ3) is 106. The second-order valence-electron chi connectivity index (χ2n) is 0.447. The number of quaternary nitrogens is 1. The summed E-state index contributed by atoms with van der Waals surface area (Å²) < 4.78 is 8.55. The van der Waals surface area contributed by atoms with Gasteiger partial charge in [-0.25, -0.2) is 0 Å². The van der Waals surface area contributed by atoms with Gasteiger partial charge in [-0.3, -0.25) is 0 Å². The van der Waals surface area contributed by atoms with Gasteiger partial charge in [0.05, 0.1) is 0 Å². The van der Waals surface area contributed by atoms with Gasteiger partial charge in [0.25, 0.3) is 0 Å². The number of rotatable bonds is 0. The molecule has 0 radical (unpaired) electrons. The van der Waals surface area contributed by atoms with Crippen LogP contribution in [0, 0.1) is 41.7 Å². The van der Waals surface area contributed by atoms with Crippen molar-refractivity contribution in [2.45, 2.75) is 0 Å². The maximum atomic E-state index is 8.55. The molecule has 5 nitrogen and oxygen atoms in total. The van der Waals surface area contributed by atoms with Crippen LogP contribution in [0.3, 0.4) is 0 Å². The fourth-order valence-electron chi connectivity index (χ4n) is 0. The summed E-state index contributed by atoms with van der Waals surface area (Å²) in [6.45, 7) is 0. The molecule has 0 aliphatic carbocycles. The van der Waals surface area contributed by atoms with E-state index >= 15 is 0 Å². The van der Waals surface area contributed by atoms with Gasteiger partial charge in [0.1, 0.15) is 0 Å². The molecular formula is H4CeNO4P+2. The third-order valence-corrected chi connectivity index (χ3v) is 0. The Labute approximate surface area is 74.3 Å². The van der Waals surface area contributed by atoms with Crippen molar-refractivity contribution in [1.82, 2.24) is 6.15 Å². The quantitative estimate of drug-likeness (QED) is 0.481. The Morgan fingerprint density at radius 1 is 1.14 bits per heavy atom. The molecule has 0 saturated carbocycles. The van der Waals surface area contributed by atoms with E-state index < -0.39 is 7.82 Å². The first kappa shape index (κ1) is 15.8. The second kappa shape index (κ2) is 5.58. The molecule has 0 aromatic rings. The summed E-state index contributed by atoms with van der Waals surface area (Å²) in [5.41, 5.74) is 0. The molecule has 0 fully saturated rings. The minimum atomic E-state index is -5.39. The Morgan fingerprint density at radius 3 is 1.14 bits per heavy atom. The standard InChI is InChI=1S/Ce.H3N.H3O4P/c;;1-5(2,3)4/h;1H3;(H3,1,2,3,4)/q+4;;/p-2. The van der Waals surface area contributed by atoms with Crippen molar-refractivity contribution in [3.05, 3.63) is 0 Å². The van der Waals surface area contributed by atoms with Crippen LogP contribution in [0.15, 0.2) is 0 Å². The van der Waals surface area contributed by atoms with Gasteiger partial charge in [0.2, 0.25) is 0 Å². The van der Waals surface area contributed by atoms with E-state index in [1.165, 1.54) is 0 Å². The van der Waals surface area contributed by atoms with E-state index in [1.54, 1.807) is 0 Å². The monoisotopic (exact) mass is 253 g/mol. The van der Waals surface area contributed by atoms with Crippen LogP contribution in [0.2, 0.25) is 0 Å². The zero-order valence-electron chi connectivity index (χ0n) is 3.58. The maximum Gasteiger partial charge on any atom is 4.00 e. The van der Waals surface area contributed by atoms with Gasteiger partial charge < -0.3 is 25.4 Å². The van der Waals surface area contributed by atoms with Crippen LogP contribution >= 0.6 is 7.82 Å². The van der Waals surface area contributed by atoms with Crippen LogP contribution in [0.5, 0.6) is 0 Å². The van der Waals surface area contributed by atoms with E-state index in [2.05, 4.69) is 0 Å². The van der Waals surface area contributed by atoms with Gasteiger partial charge in [-0.1, -0.05) is 0 Å². The fraction of sp³-hybridized carbons (Fsp3) is 0. The number of hydrogen-bond donors (Lipinski definition) is 1. The molecule has 0 bridgehead atoms. The van der Waals surface area contributed by atoms with Crippen LogP contribution in [-0.2, 0) is 4.57 Å². The van der Waals surface area contributed by atoms with E-state index in [9.17, 15) is 0 Å². The van der Waals surface area contributed by atoms with E-state index in [4.69, 9.17) is 19.2 Å². The Balaban J connectivity index is -0.0000000800. The fourth-order valence-corrected chi connectivity index (χ4v) is 0. The SMILES string of the molecule is O=P([O-])([O-])[O-].[Ce+4].[NH4+]. The van der Waals surface area contributed by atoms with Crippen molar-refractivity contribution in [1.29, 1.82) is 0 Å². The van der Waals surface area contributed by atoms with Crippen LogP contribution in [-0.4, -0.2) is 0 Å². The van der Waals surface area contributed by atoms with Gasteiger partial charge in [-0.2, -0.15) is 7.82 Å². The van der Waals surface area contributed by atoms with Gasteiger partial charge in [0, 0.05) is 0 Å². The minimum absolute atomic E-state index is 0. The Morgan fingerprint density at radius 2 is 1.14 bits per heavy atom. The van der Waals surface area contributed by atoms with Gasteiger partial charge in [-0.15, -0.1) is 0 Å². The molecule has 7 heteroatoms. The van der Waals surface area contributed by atoms with E-state index in [1.807, 2.05) is 0 Å². The molecule has 0 atom stereocenters. The third-order valence-electron chi connectivity index (χ3n) is 0. The van der Waals surface area contributed by atoms with Crippen LogP contribution < -0.4 is 20.8 Å². The predicted octanol–water partition coefficient (Wildman–Crippen LogP) is -2.45. The topological polar surface area (TPSA) is 123 Å². The van der Waals surface area contributed by atoms with Crippen molar-refractivity contribution < 1.29 is 61.0 Å². The Hall–Kier alpha value is 1.45. The first-order valence-electron chi connectivity index (χ1n) is 0.730. The van der Waals surface area contributed by atoms with Crippen molar-refractivity contribution in [3.63, 3.8) is 0 Å². The maximum absolute atomic E-state index is 8.55. The average molecular weight is 253 g/mol. The summed E-state index contributed by atoms with van der Waals surface area (Å²) in [6, 6.07) is 0. The molecule has 0 rings (SSSR count). The number of hydrogen-bond acceptors (Lipinski definition) is 4. The summed E-state index contributed by atoms with van der Waals surface area (Å²) in [5, 5.41) is 0. The first-order chi connectivity index (χ1) is 2.00. The molecule has 0 aromatic carbocycles. The molecule has 0 aliphatic heterocycles. The van der Waals surface area contributed by atoms with Crippen LogP contribution in [0.25, 0.3) is 0 Å². The summed E-state index contributed by atoms with van der Waals surface area (Å²) in [6.07, 6.45) is 0. The minimum Gasteiger partial charge on any atom is -0.822 e. The zero-order valence-corrected chi connectivity index (χ0v) is 7.61. The molecule has 0 spiro atoms. The average Bonchev–Trinajstić information content (AvgIpc) is 0.722. The Kier molecular flexibility index (Phi) is 12.6. The summed E-state index contributed by atoms with van der Waals surface area (Å²) in [5.74, 6) is 0. The van der Waals surface area contributed by atoms with E-state index in [0.717, 1.165) is 0 Å². The molecule has 0 aliphatic rings. The van der Waals surface area contributed by atoms with Gasteiger partial charge in [0.15, 0.2) is 0 Å². The Bertz CT molecular complexity index is 57.8. The smallest absolute Gasteiger partial charge is 0.822 e. The molecule has 40 valence electrons. The first-order valence-corrected chi connectivity index (χ1v) is 2.19. The summed E-state index contributed by atoms with van der Waals surface area (Å²) in [7, 11) is -5.39. The summed E-state index contributed by atoms with van der Waals surface area (Å²) >= 11 is 0. The van der Waals surface area contributed by atoms with E-state index in [0.29, 0.717) is 0 Å². The molecule has 4 N–H and O–H groups in total. The second-order valence-corrected chi connectivity index (χ2v) is 1.34. The van der Waals surface area contributed by atoms with Crippen LogP contribution in [0.1, 0.15) is 0 Å². The van der Waals surface area contributed by atoms with Crippen molar-refractivity contribution in [3.8, 4) is 0 Å². The van der Waals surface area contributed by atoms with Crippen molar-refractivity contribution >= 4 is 7.82 Å². The van der Waals surface area contributed by atoms with E-state index in [-0.39, 0.29) is 47.9 Å². The molecule has 0 aromatic heterocycles. The molecule has 0 saturated heterocycles. The molecule has 0 heterocycles. The molecule has 0 unspecified atom stereocenters. The molecule has 0 amide bonds. The van der Waals surface area contributed by atoms with Crippen molar-refractivity contribution in [2.24, 2.45) is 0 Å². The molecular weight excluding hydrogens is 249 g/mol. The van der Waals surface area contributed by atoms with Gasteiger partial charge in [-0.05, 0) is 0 Å². The van der Waals surface area contributed by atoms with Gasteiger partial charge >= 0.3 is 41.7 Å². The zero-order chi connectivity index (χ0) is 4.50.